The number of carbonyl (C=O) groups excluding carboxylic acids is 1. The molecule has 7 nitrogen and oxygen atoms in total. The number of nitrogens with zero attached hydrogens (tertiary/aromatic N) is 2. The van der Waals surface area contributed by atoms with E-state index in [0.29, 0.717) is 21.0 Å². The zero-order valence-corrected chi connectivity index (χ0v) is 15.7. The number of fused-ring (bicyclic) bond motifs is 1. The number of anilines is 2. The molecule has 0 aliphatic carbocycles. The van der Waals surface area contributed by atoms with Crippen molar-refractivity contribution in [3.05, 3.63) is 55.6 Å². The van der Waals surface area contributed by atoms with Crippen LogP contribution in [0.1, 0.15) is 32.1 Å². The van der Waals surface area contributed by atoms with Gasteiger partial charge in [0.05, 0.1) is 10.6 Å². The number of aryl methyl sites for hydroxylation is 3. The van der Waals surface area contributed by atoms with Crippen molar-refractivity contribution in [3.8, 4) is 0 Å². The van der Waals surface area contributed by atoms with Crippen molar-refractivity contribution >= 4 is 44.5 Å². The van der Waals surface area contributed by atoms with Crippen molar-refractivity contribution in [1.29, 1.82) is 0 Å². The van der Waals surface area contributed by atoms with Crippen molar-refractivity contribution in [1.82, 2.24) is 4.98 Å². The molecule has 0 unspecified atom stereocenters. The first-order valence-corrected chi connectivity index (χ1v) is 8.75. The minimum Gasteiger partial charge on any atom is -0.397 e. The largest absolute Gasteiger partial charge is 0.397 e. The lowest BCUT2D eigenvalue weighted by Gasteiger charge is -2.08. The van der Waals surface area contributed by atoms with Crippen LogP contribution >= 0.6 is 11.3 Å². The number of nitrogens with two attached hydrogens (primary N) is 1. The minimum absolute atomic E-state index is 0.154. The Kier molecular flexibility index (Phi) is 4.37. The molecule has 2 heterocycles. The molecule has 2 aromatic heterocycles. The summed E-state index contributed by atoms with van der Waals surface area (Å²) in [6.07, 6.45) is 0. The van der Waals surface area contributed by atoms with Crippen LogP contribution in [0.4, 0.5) is 17.1 Å². The maximum Gasteiger partial charge on any atom is 0.293 e. The summed E-state index contributed by atoms with van der Waals surface area (Å²) in [4.78, 5) is 29.0. The molecule has 1 aromatic carbocycles. The first kappa shape index (κ1) is 17.8. The van der Waals surface area contributed by atoms with Crippen molar-refractivity contribution in [2.45, 2.75) is 27.7 Å². The molecule has 0 radical (unpaired) electrons. The van der Waals surface area contributed by atoms with Gasteiger partial charge in [-0.15, -0.1) is 11.3 Å². The van der Waals surface area contributed by atoms with Gasteiger partial charge in [-0.2, -0.15) is 0 Å². The van der Waals surface area contributed by atoms with Crippen LogP contribution in [-0.2, 0) is 0 Å². The zero-order valence-electron chi connectivity index (χ0n) is 14.8. The SMILES string of the molecule is Cc1cccc([N+](=O)[O-])c1NC(=O)c1sc2nc(C)c(C)c(C)c2c1N. The normalized spacial score (nSPS) is 10.9. The quantitative estimate of drug-likeness (QED) is 0.528. The van der Waals surface area contributed by atoms with Crippen molar-refractivity contribution in [3.63, 3.8) is 0 Å². The second-order valence-electron chi connectivity index (χ2n) is 6.15. The first-order chi connectivity index (χ1) is 12.2. The van der Waals surface area contributed by atoms with Crippen LogP contribution in [0.3, 0.4) is 0 Å². The number of pyridine rings is 1. The Labute approximate surface area is 154 Å². The van der Waals surface area contributed by atoms with Crippen LogP contribution in [0.2, 0.25) is 0 Å². The smallest absolute Gasteiger partial charge is 0.293 e. The van der Waals surface area contributed by atoms with E-state index in [2.05, 4.69) is 10.3 Å². The lowest BCUT2D eigenvalue weighted by Crippen LogP contribution is -2.14. The fourth-order valence-electron chi connectivity index (χ4n) is 2.87. The van der Waals surface area contributed by atoms with Gasteiger partial charge < -0.3 is 11.1 Å². The third-order valence-corrected chi connectivity index (χ3v) is 5.67. The number of thiophene rings is 1. The Hall–Kier alpha value is -3.00. The monoisotopic (exact) mass is 370 g/mol. The van der Waals surface area contributed by atoms with Gasteiger partial charge in [0.15, 0.2) is 0 Å². The number of nitro groups is 1. The Morgan fingerprint density at radius 1 is 1.23 bits per heavy atom. The maximum absolute atomic E-state index is 12.8. The summed E-state index contributed by atoms with van der Waals surface area (Å²) < 4.78 is 0. The van der Waals surface area contributed by atoms with Gasteiger partial charge in [-0.05, 0) is 44.4 Å². The highest BCUT2D eigenvalue weighted by Gasteiger charge is 2.23. The van der Waals surface area contributed by atoms with Crippen LogP contribution < -0.4 is 11.1 Å². The fraction of sp³-hybridized carbons (Fsp3) is 0.222. The maximum atomic E-state index is 12.8. The van der Waals surface area contributed by atoms with Gasteiger partial charge in [0, 0.05) is 17.1 Å². The highest BCUT2D eigenvalue weighted by atomic mass is 32.1. The summed E-state index contributed by atoms with van der Waals surface area (Å²) in [5, 5.41) is 14.7. The molecule has 134 valence electrons. The van der Waals surface area contributed by atoms with Crippen LogP contribution in [0.15, 0.2) is 18.2 Å². The molecule has 0 saturated heterocycles. The molecular weight excluding hydrogens is 352 g/mol. The molecule has 0 saturated carbocycles. The Morgan fingerprint density at radius 2 is 1.92 bits per heavy atom. The molecule has 0 aliphatic rings. The molecule has 0 aliphatic heterocycles. The molecule has 0 bridgehead atoms. The lowest BCUT2D eigenvalue weighted by molar-refractivity contribution is -0.383. The molecule has 1 amide bonds. The second-order valence-corrected chi connectivity index (χ2v) is 7.15. The van der Waals surface area contributed by atoms with Gasteiger partial charge >= 0.3 is 0 Å². The molecule has 0 spiro atoms. The number of hydrogen-bond donors (Lipinski definition) is 2. The number of benzene rings is 1. The summed E-state index contributed by atoms with van der Waals surface area (Å²) in [5.74, 6) is -0.474. The Balaban J connectivity index is 2.09. The fourth-order valence-corrected chi connectivity index (χ4v) is 3.97. The number of aromatic nitrogens is 1. The summed E-state index contributed by atoms with van der Waals surface area (Å²) in [7, 11) is 0. The standard InChI is InChI=1S/C18H18N4O3S/c1-8-6-5-7-12(22(24)25)15(8)21-17(23)16-14(19)13-10(3)9(2)11(4)20-18(13)26-16/h5-7H,19H2,1-4H3,(H,21,23). The number of hydrogen-bond acceptors (Lipinski definition) is 6. The van der Waals surface area contributed by atoms with Gasteiger partial charge in [0.2, 0.25) is 0 Å². The molecule has 3 N–H and O–H groups in total. The van der Waals surface area contributed by atoms with E-state index in [1.54, 1.807) is 19.1 Å². The van der Waals surface area contributed by atoms with E-state index in [1.807, 2.05) is 20.8 Å². The summed E-state index contributed by atoms with van der Waals surface area (Å²) >= 11 is 1.19. The molecule has 0 atom stereocenters. The topological polar surface area (TPSA) is 111 Å². The third-order valence-electron chi connectivity index (χ3n) is 4.57. The number of nitrogen functional groups attached to an aromatic ring is 1. The first-order valence-electron chi connectivity index (χ1n) is 7.93. The molecule has 3 aromatic rings. The van der Waals surface area contributed by atoms with Crippen molar-refractivity contribution in [2.75, 3.05) is 11.1 Å². The van der Waals surface area contributed by atoms with E-state index < -0.39 is 10.8 Å². The van der Waals surface area contributed by atoms with Crippen molar-refractivity contribution in [2.24, 2.45) is 0 Å². The van der Waals surface area contributed by atoms with Crippen molar-refractivity contribution < 1.29 is 9.72 Å². The van der Waals surface area contributed by atoms with Crippen LogP contribution in [0, 0.1) is 37.8 Å². The summed E-state index contributed by atoms with van der Waals surface area (Å²) in [5.41, 5.74) is 10.1. The summed E-state index contributed by atoms with van der Waals surface area (Å²) in [6, 6.07) is 4.64. The van der Waals surface area contributed by atoms with Gasteiger partial charge in [-0.1, -0.05) is 12.1 Å². The second kappa shape index (κ2) is 6.38. The van der Waals surface area contributed by atoms with Crippen LogP contribution in [0.25, 0.3) is 10.2 Å². The lowest BCUT2D eigenvalue weighted by atomic mass is 10.1. The van der Waals surface area contributed by atoms with Gasteiger partial charge in [-0.25, -0.2) is 4.98 Å². The predicted octanol–water partition coefficient (Wildman–Crippen LogP) is 4.27. The van der Waals surface area contributed by atoms with E-state index in [-0.39, 0.29) is 11.4 Å². The predicted molar refractivity (Wildman–Crippen MR) is 104 cm³/mol. The highest BCUT2D eigenvalue weighted by molar-refractivity contribution is 7.21. The van der Waals surface area contributed by atoms with Crippen LogP contribution in [-0.4, -0.2) is 15.8 Å². The van der Waals surface area contributed by atoms with E-state index in [4.69, 9.17) is 5.73 Å². The highest BCUT2D eigenvalue weighted by Crippen LogP contribution is 2.37. The molecule has 8 heteroatoms. The Bertz CT molecular complexity index is 1070. The van der Waals surface area contributed by atoms with Gasteiger partial charge in [0.25, 0.3) is 11.6 Å². The minimum atomic E-state index is -0.519. The van der Waals surface area contributed by atoms with Crippen LogP contribution in [0.5, 0.6) is 0 Å². The average molecular weight is 370 g/mol. The Morgan fingerprint density at radius 3 is 2.58 bits per heavy atom. The molecular formula is C18H18N4O3S. The zero-order chi connectivity index (χ0) is 19.2. The number of nitro benzene ring substituents is 1. The summed E-state index contributed by atoms with van der Waals surface area (Å²) in [6.45, 7) is 7.53. The number of para-hydroxylation sites is 1. The molecule has 0 fully saturated rings. The number of nitrogens with one attached hydrogen (secondary N) is 1. The van der Waals surface area contributed by atoms with E-state index in [9.17, 15) is 14.9 Å². The number of carbonyl (C=O) groups is 1. The molecule has 26 heavy (non-hydrogen) atoms. The van der Waals surface area contributed by atoms with Gasteiger partial charge in [0.1, 0.15) is 15.4 Å². The number of amides is 1. The van der Waals surface area contributed by atoms with E-state index >= 15 is 0 Å². The number of rotatable bonds is 3. The van der Waals surface area contributed by atoms with E-state index in [1.165, 1.54) is 17.4 Å². The average Bonchev–Trinajstić information content (AvgIpc) is 2.90. The molecule has 3 rings (SSSR count). The third kappa shape index (κ3) is 2.78. The van der Waals surface area contributed by atoms with Gasteiger partial charge in [-0.3, -0.25) is 14.9 Å². The van der Waals surface area contributed by atoms with E-state index in [0.717, 1.165) is 22.2 Å².